The maximum atomic E-state index is 3.45. The zero-order valence-electron chi connectivity index (χ0n) is 10.2. The molecule has 1 N–H and O–H groups in total. The van der Waals surface area contributed by atoms with Crippen LogP contribution in [0.3, 0.4) is 0 Å². The average molecular weight is 238 g/mol. The van der Waals surface area contributed by atoms with E-state index in [0.717, 1.165) is 6.54 Å². The monoisotopic (exact) mass is 238 g/mol. The molecule has 1 aromatic heterocycles. The predicted molar refractivity (Wildman–Crippen MR) is 71.3 cm³/mol. The third-order valence-electron chi connectivity index (χ3n) is 3.13. The molecule has 1 aromatic rings. The van der Waals surface area contributed by atoms with E-state index in [1.54, 1.807) is 4.88 Å². The van der Waals surface area contributed by atoms with Crippen LogP contribution < -0.4 is 5.32 Å². The Morgan fingerprint density at radius 2 is 2.25 bits per heavy atom. The maximum absolute atomic E-state index is 3.45. The summed E-state index contributed by atoms with van der Waals surface area (Å²) >= 11 is 1.95. The third-order valence-corrected chi connectivity index (χ3v) is 4.19. The first kappa shape index (κ1) is 12.1. The zero-order valence-corrected chi connectivity index (χ0v) is 11.0. The van der Waals surface area contributed by atoms with Gasteiger partial charge in [-0.15, -0.1) is 11.3 Å². The van der Waals surface area contributed by atoms with Gasteiger partial charge >= 0.3 is 0 Å². The summed E-state index contributed by atoms with van der Waals surface area (Å²) in [6.45, 7) is 8.31. The fraction of sp³-hybridized carbons (Fsp3) is 0.692. The highest BCUT2D eigenvalue weighted by atomic mass is 32.1. The lowest BCUT2D eigenvalue weighted by atomic mass is 10.2. The number of hydrogen-bond donors (Lipinski definition) is 1. The Labute approximate surface area is 103 Å². The van der Waals surface area contributed by atoms with Crippen molar-refractivity contribution in [1.29, 1.82) is 0 Å². The smallest absolute Gasteiger partial charge is 0.0107 e. The lowest BCUT2D eigenvalue weighted by molar-refractivity contribution is 0.289. The van der Waals surface area contributed by atoms with Gasteiger partial charge in [0.2, 0.25) is 0 Å². The Morgan fingerprint density at radius 3 is 3.06 bits per heavy atom. The molecular formula is C13H22N2S. The van der Waals surface area contributed by atoms with Gasteiger partial charge in [-0.05, 0) is 58.0 Å². The highest BCUT2D eigenvalue weighted by Crippen LogP contribution is 2.16. The van der Waals surface area contributed by atoms with Crippen LogP contribution in [0.15, 0.2) is 12.1 Å². The predicted octanol–water partition coefficient (Wildman–Crippen LogP) is 2.28. The van der Waals surface area contributed by atoms with Gasteiger partial charge in [0.1, 0.15) is 0 Å². The minimum absolute atomic E-state index is 1.16. The van der Waals surface area contributed by atoms with E-state index in [9.17, 15) is 0 Å². The lowest BCUT2D eigenvalue weighted by Gasteiger charge is -2.18. The van der Waals surface area contributed by atoms with E-state index in [0.29, 0.717) is 0 Å². The summed E-state index contributed by atoms with van der Waals surface area (Å²) in [4.78, 5) is 5.58. The summed E-state index contributed by atoms with van der Waals surface area (Å²) in [5.74, 6) is 0. The molecule has 0 bridgehead atoms. The Morgan fingerprint density at radius 1 is 1.31 bits per heavy atom. The molecule has 1 aliphatic heterocycles. The summed E-state index contributed by atoms with van der Waals surface area (Å²) in [5.41, 5.74) is 0. The van der Waals surface area contributed by atoms with Crippen molar-refractivity contribution in [2.24, 2.45) is 0 Å². The molecule has 90 valence electrons. The van der Waals surface area contributed by atoms with Crippen LogP contribution in [0.25, 0.3) is 0 Å². The van der Waals surface area contributed by atoms with E-state index >= 15 is 0 Å². The molecule has 0 aliphatic carbocycles. The molecule has 0 saturated carbocycles. The first-order chi connectivity index (χ1) is 7.84. The van der Waals surface area contributed by atoms with Crippen molar-refractivity contribution in [3.63, 3.8) is 0 Å². The first-order valence-corrected chi connectivity index (χ1v) is 7.14. The van der Waals surface area contributed by atoms with Crippen LogP contribution in [0.1, 0.15) is 22.6 Å². The van der Waals surface area contributed by atoms with Crippen LogP contribution in [0.2, 0.25) is 0 Å². The molecule has 0 spiro atoms. The van der Waals surface area contributed by atoms with Crippen LogP contribution >= 0.6 is 11.3 Å². The SMILES string of the molecule is Cc1ccc(CCCN2CCCNCC2)s1. The Bertz CT molecular complexity index is 301. The number of nitrogens with one attached hydrogen (secondary N) is 1. The normalized spacial score (nSPS) is 18.6. The van der Waals surface area contributed by atoms with Crippen molar-refractivity contribution in [3.05, 3.63) is 21.9 Å². The molecule has 0 atom stereocenters. The van der Waals surface area contributed by atoms with Crippen molar-refractivity contribution in [2.45, 2.75) is 26.2 Å². The molecule has 2 heterocycles. The van der Waals surface area contributed by atoms with Crippen LogP contribution in [-0.4, -0.2) is 37.6 Å². The molecule has 0 aromatic carbocycles. The van der Waals surface area contributed by atoms with E-state index in [4.69, 9.17) is 0 Å². The van der Waals surface area contributed by atoms with Crippen LogP contribution in [-0.2, 0) is 6.42 Å². The molecule has 3 heteroatoms. The molecule has 1 aliphatic rings. The van der Waals surface area contributed by atoms with Gasteiger partial charge in [0.15, 0.2) is 0 Å². The summed E-state index contributed by atoms with van der Waals surface area (Å²) in [5, 5.41) is 3.45. The van der Waals surface area contributed by atoms with Gasteiger partial charge in [-0.1, -0.05) is 0 Å². The van der Waals surface area contributed by atoms with Gasteiger partial charge in [0.25, 0.3) is 0 Å². The summed E-state index contributed by atoms with van der Waals surface area (Å²) in [7, 11) is 0. The highest BCUT2D eigenvalue weighted by Gasteiger charge is 2.07. The molecule has 2 nitrogen and oxygen atoms in total. The third kappa shape index (κ3) is 3.89. The molecule has 16 heavy (non-hydrogen) atoms. The topological polar surface area (TPSA) is 15.3 Å². The van der Waals surface area contributed by atoms with E-state index in [2.05, 4.69) is 29.3 Å². The van der Waals surface area contributed by atoms with Gasteiger partial charge in [0, 0.05) is 22.8 Å². The fourth-order valence-electron chi connectivity index (χ4n) is 2.22. The molecule has 0 amide bonds. The second-order valence-corrected chi connectivity index (χ2v) is 5.93. The molecule has 0 unspecified atom stereocenters. The van der Waals surface area contributed by atoms with Gasteiger partial charge in [-0.3, -0.25) is 0 Å². The van der Waals surface area contributed by atoms with Gasteiger partial charge in [-0.2, -0.15) is 0 Å². The van der Waals surface area contributed by atoms with Crippen LogP contribution in [0, 0.1) is 6.92 Å². The van der Waals surface area contributed by atoms with Gasteiger partial charge in [0.05, 0.1) is 0 Å². The molecule has 0 radical (unpaired) electrons. The number of rotatable bonds is 4. The van der Waals surface area contributed by atoms with Crippen molar-refractivity contribution in [1.82, 2.24) is 10.2 Å². The number of thiophene rings is 1. The minimum Gasteiger partial charge on any atom is -0.315 e. The Hall–Kier alpha value is -0.380. The molecule has 2 rings (SSSR count). The van der Waals surface area contributed by atoms with E-state index < -0.39 is 0 Å². The Kier molecular flexibility index (Phi) is 4.82. The Balaban J connectivity index is 1.67. The van der Waals surface area contributed by atoms with Crippen molar-refractivity contribution >= 4 is 11.3 Å². The second kappa shape index (κ2) is 6.38. The quantitative estimate of drug-likeness (QED) is 0.866. The van der Waals surface area contributed by atoms with Crippen molar-refractivity contribution in [3.8, 4) is 0 Å². The molecule has 1 saturated heterocycles. The number of aryl methyl sites for hydroxylation is 2. The average Bonchev–Trinajstić information content (AvgIpc) is 2.54. The lowest BCUT2D eigenvalue weighted by Crippen LogP contribution is -2.29. The van der Waals surface area contributed by atoms with Crippen LogP contribution in [0.5, 0.6) is 0 Å². The van der Waals surface area contributed by atoms with Crippen LogP contribution in [0.4, 0.5) is 0 Å². The minimum atomic E-state index is 1.16. The van der Waals surface area contributed by atoms with E-state index in [1.165, 1.54) is 50.3 Å². The highest BCUT2D eigenvalue weighted by molar-refractivity contribution is 7.11. The van der Waals surface area contributed by atoms with E-state index in [1.807, 2.05) is 11.3 Å². The first-order valence-electron chi connectivity index (χ1n) is 6.33. The second-order valence-electron chi connectivity index (χ2n) is 4.56. The number of hydrogen-bond acceptors (Lipinski definition) is 3. The largest absolute Gasteiger partial charge is 0.315 e. The van der Waals surface area contributed by atoms with Gasteiger partial charge < -0.3 is 10.2 Å². The summed E-state index contributed by atoms with van der Waals surface area (Å²) < 4.78 is 0. The summed E-state index contributed by atoms with van der Waals surface area (Å²) in [6, 6.07) is 4.51. The maximum Gasteiger partial charge on any atom is 0.0107 e. The number of nitrogens with zero attached hydrogens (tertiary/aromatic N) is 1. The summed E-state index contributed by atoms with van der Waals surface area (Å²) in [6.07, 6.45) is 3.86. The zero-order chi connectivity index (χ0) is 11.2. The fourth-order valence-corrected chi connectivity index (χ4v) is 3.15. The molecular weight excluding hydrogens is 216 g/mol. The standard InChI is InChI=1S/C13H22N2S/c1-12-5-6-13(16-12)4-2-9-15-10-3-7-14-8-11-15/h5-6,14H,2-4,7-11H2,1H3. The van der Waals surface area contributed by atoms with Crippen molar-refractivity contribution < 1.29 is 0 Å². The van der Waals surface area contributed by atoms with E-state index in [-0.39, 0.29) is 0 Å². The van der Waals surface area contributed by atoms with Crippen molar-refractivity contribution in [2.75, 3.05) is 32.7 Å². The van der Waals surface area contributed by atoms with Gasteiger partial charge in [-0.25, -0.2) is 0 Å². The molecule has 1 fully saturated rings.